The number of pyridine rings is 1. The Hall–Kier alpha value is -2.42. The van der Waals surface area contributed by atoms with Crippen LogP contribution in [-0.2, 0) is 4.79 Å². The van der Waals surface area contributed by atoms with Gasteiger partial charge in [0.25, 0.3) is 5.91 Å². The number of amides is 3. The van der Waals surface area contributed by atoms with Gasteiger partial charge in [-0.2, -0.15) is 5.26 Å². The van der Waals surface area contributed by atoms with Crippen LogP contribution in [0.5, 0.6) is 0 Å². The number of nitrogens with one attached hydrogen (secondary N) is 1. The van der Waals surface area contributed by atoms with Crippen LogP contribution in [0.2, 0.25) is 0 Å². The van der Waals surface area contributed by atoms with Gasteiger partial charge in [-0.1, -0.05) is 0 Å². The van der Waals surface area contributed by atoms with Gasteiger partial charge in [0.15, 0.2) is 0 Å². The van der Waals surface area contributed by atoms with Crippen molar-refractivity contribution in [2.45, 2.75) is 19.4 Å². The van der Waals surface area contributed by atoms with Crippen LogP contribution in [0.4, 0.5) is 10.5 Å². The Kier molecular flexibility index (Phi) is 2.32. The van der Waals surface area contributed by atoms with E-state index in [-0.39, 0.29) is 11.6 Å². The highest BCUT2D eigenvalue weighted by molar-refractivity contribution is 6.22. The summed E-state index contributed by atoms with van der Waals surface area (Å²) < 4.78 is 0. The SMILES string of the molecule is CC1(C)NC(=O)N(c2ccc(C#N)nc2)C1=O. The smallest absolute Gasteiger partial charge is 0.323 e. The molecule has 1 aromatic heterocycles. The third-order valence-corrected chi connectivity index (χ3v) is 2.48. The molecule has 1 aliphatic heterocycles. The lowest BCUT2D eigenvalue weighted by molar-refractivity contribution is -0.121. The van der Waals surface area contributed by atoms with Crippen molar-refractivity contribution >= 4 is 17.6 Å². The van der Waals surface area contributed by atoms with Crippen molar-refractivity contribution < 1.29 is 9.59 Å². The zero-order valence-electron chi connectivity index (χ0n) is 9.39. The largest absolute Gasteiger partial charge is 0.329 e. The van der Waals surface area contributed by atoms with Gasteiger partial charge < -0.3 is 5.32 Å². The normalized spacial score (nSPS) is 17.8. The van der Waals surface area contributed by atoms with Crippen molar-refractivity contribution in [2.24, 2.45) is 0 Å². The standard InChI is InChI=1S/C11H10N4O2/c1-11(2)9(16)15(10(17)14-11)8-4-3-7(5-12)13-6-8/h3-4,6H,1-2H3,(H,14,17). The van der Waals surface area contributed by atoms with Gasteiger partial charge in [0.1, 0.15) is 17.3 Å². The quantitative estimate of drug-likeness (QED) is 0.722. The number of urea groups is 1. The summed E-state index contributed by atoms with van der Waals surface area (Å²) in [7, 11) is 0. The summed E-state index contributed by atoms with van der Waals surface area (Å²) in [5.74, 6) is -0.339. The molecule has 1 aromatic rings. The predicted octanol–water partition coefficient (Wildman–Crippen LogP) is 0.788. The highest BCUT2D eigenvalue weighted by atomic mass is 16.2. The lowest BCUT2D eigenvalue weighted by Gasteiger charge is -2.15. The van der Waals surface area contributed by atoms with E-state index in [2.05, 4.69) is 10.3 Å². The van der Waals surface area contributed by atoms with Gasteiger partial charge in [0.2, 0.25) is 0 Å². The van der Waals surface area contributed by atoms with Crippen molar-refractivity contribution in [2.75, 3.05) is 4.90 Å². The second-order valence-corrected chi connectivity index (χ2v) is 4.21. The molecule has 0 aromatic carbocycles. The van der Waals surface area contributed by atoms with E-state index in [0.717, 1.165) is 4.90 Å². The molecule has 0 unspecified atom stereocenters. The number of hydrogen-bond donors (Lipinski definition) is 1. The van der Waals surface area contributed by atoms with Gasteiger partial charge >= 0.3 is 6.03 Å². The highest BCUT2D eigenvalue weighted by Gasteiger charge is 2.45. The van der Waals surface area contributed by atoms with Crippen molar-refractivity contribution in [1.82, 2.24) is 10.3 Å². The monoisotopic (exact) mass is 230 g/mol. The Morgan fingerprint density at radius 1 is 1.41 bits per heavy atom. The van der Waals surface area contributed by atoms with Crippen LogP contribution in [0.1, 0.15) is 19.5 Å². The molecular formula is C11H10N4O2. The second kappa shape index (κ2) is 3.56. The summed E-state index contributed by atoms with van der Waals surface area (Å²) in [4.78, 5) is 28.4. The minimum absolute atomic E-state index is 0.236. The highest BCUT2D eigenvalue weighted by Crippen LogP contribution is 2.23. The number of rotatable bonds is 1. The Labute approximate surface area is 97.9 Å². The molecule has 0 radical (unpaired) electrons. The molecule has 86 valence electrons. The molecule has 0 atom stereocenters. The third kappa shape index (κ3) is 1.72. The minimum atomic E-state index is -0.912. The molecule has 3 amide bonds. The van der Waals surface area contributed by atoms with E-state index >= 15 is 0 Å². The lowest BCUT2D eigenvalue weighted by atomic mass is 10.1. The summed E-state index contributed by atoms with van der Waals surface area (Å²) in [5, 5.41) is 11.2. The average molecular weight is 230 g/mol. The first-order chi connectivity index (χ1) is 7.95. The van der Waals surface area contributed by atoms with Crippen LogP contribution >= 0.6 is 0 Å². The zero-order valence-corrected chi connectivity index (χ0v) is 9.39. The maximum absolute atomic E-state index is 11.9. The zero-order chi connectivity index (χ0) is 12.6. The summed E-state index contributed by atoms with van der Waals surface area (Å²) in [6.07, 6.45) is 1.33. The van der Waals surface area contributed by atoms with E-state index in [1.54, 1.807) is 13.8 Å². The van der Waals surface area contributed by atoms with Crippen molar-refractivity contribution in [3.63, 3.8) is 0 Å². The molecule has 1 saturated heterocycles. The molecule has 1 fully saturated rings. The Morgan fingerprint density at radius 3 is 2.53 bits per heavy atom. The minimum Gasteiger partial charge on any atom is -0.323 e. The first kappa shape index (κ1) is 11.1. The van der Waals surface area contributed by atoms with Gasteiger partial charge in [0, 0.05) is 0 Å². The second-order valence-electron chi connectivity index (χ2n) is 4.21. The fourth-order valence-corrected chi connectivity index (χ4v) is 1.57. The molecule has 0 aliphatic carbocycles. The maximum Gasteiger partial charge on any atom is 0.329 e. The molecule has 6 nitrogen and oxygen atoms in total. The van der Waals surface area contributed by atoms with Crippen molar-refractivity contribution in [3.8, 4) is 6.07 Å². The molecule has 6 heteroatoms. The molecule has 0 spiro atoms. The van der Waals surface area contributed by atoms with E-state index in [4.69, 9.17) is 5.26 Å². The van der Waals surface area contributed by atoms with Gasteiger partial charge in [0.05, 0.1) is 11.9 Å². The fourth-order valence-electron chi connectivity index (χ4n) is 1.57. The Balaban J connectivity index is 2.38. The van der Waals surface area contributed by atoms with Crippen LogP contribution < -0.4 is 10.2 Å². The molecule has 0 saturated carbocycles. The summed E-state index contributed by atoms with van der Waals surface area (Å²) >= 11 is 0. The van der Waals surface area contributed by atoms with E-state index in [1.165, 1.54) is 18.3 Å². The first-order valence-corrected chi connectivity index (χ1v) is 4.98. The van der Waals surface area contributed by atoms with Crippen LogP contribution in [0.25, 0.3) is 0 Å². The van der Waals surface area contributed by atoms with E-state index in [1.807, 2.05) is 6.07 Å². The van der Waals surface area contributed by atoms with E-state index in [0.29, 0.717) is 5.69 Å². The Bertz CT molecular complexity index is 527. The lowest BCUT2D eigenvalue weighted by Crippen LogP contribution is -2.40. The molecule has 1 aliphatic rings. The van der Waals surface area contributed by atoms with Gasteiger partial charge in [-0.05, 0) is 26.0 Å². The number of nitrogens with zero attached hydrogens (tertiary/aromatic N) is 3. The van der Waals surface area contributed by atoms with Gasteiger partial charge in [-0.25, -0.2) is 14.7 Å². The first-order valence-electron chi connectivity index (χ1n) is 4.98. The maximum atomic E-state index is 11.9. The number of aromatic nitrogens is 1. The van der Waals surface area contributed by atoms with Gasteiger partial charge in [-0.3, -0.25) is 4.79 Å². The number of imide groups is 1. The number of carbonyl (C=O) groups excluding carboxylic acids is 2. The van der Waals surface area contributed by atoms with Crippen molar-refractivity contribution in [3.05, 3.63) is 24.0 Å². The van der Waals surface area contributed by atoms with E-state index < -0.39 is 11.6 Å². The summed E-state index contributed by atoms with van der Waals surface area (Å²) in [6, 6.07) is 4.37. The number of carbonyl (C=O) groups is 2. The average Bonchev–Trinajstić information content (AvgIpc) is 2.49. The van der Waals surface area contributed by atoms with Crippen molar-refractivity contribution in [1.29, 1.82) is 5.26 Å². The van der Waals surface area contributed by atoms with E-state index in [9.17, 15) is 9.59 Å². The predicted molar refractivity (Wildman–Crippen MR) is 59.0 cm³/mol. The molecule has 0 bridgehead atoms. The molecule has 17 heavy (non-hydrogen) atoms. The summed E-state index contributed by atoms with van der Waals surface area (Å²) in [6.45, 7) is 3.26. The molecule has 2 heterocycles. The van der Waals surface area contributed by atoms with Gasteiger partial charge in [-0.15, -0.1) is 0 Å². The number of anilines is 1. The number of hydrogen-bond acceptors (Lipinski definition) is 4. The molecule has 2 rings (SSSR count). The molecule has 1 N–H and O–H groups in total. The third-order valence-electron chi connectivity index (χ3n) is 2.48. The Morgan fingerprint density at radius 2 is 2.12 bits per heavy atom. The molecular weight excluding hydrogens is 220 g/mol. The van der Waals surface area contributed by atoms with Crippen LogP contribution in [-0.4, -0.2) is 22.5 Å². The fraction of sp³-hybridized carbons (Fsp3) is 0.273. The van der Waals surface area contributed by atoms with Crippen LogP contribution in [0.3, 0.4) is 0 Å². The topological polar surface area (TPSA) is 86.1 Å². The number of nitriles is 1. The van der Waals surface area contributed by atoms with Crippen LogP contribution in [0.15, 0.2) is 18.3 Å². The van der Waals surface area contributed by atoms with Crippen LogP contribution in [0, 0.1) is 11.3 Å². The summed E-state index contributed by atoms with van der Waals surface area (Å²) in [5.41, 5.74) is -0.317.